The van der Waals surface area contributed by atoms with Crippen LogP contribution >= 0.6 is 11.3 Å². The zero-order chi connectivity index (χ0) is 12.6. The Morgan fingerprint density at radius 2 is 2.33 bits per heavy atom. The highest BCUT2D eigenvalue weighted by Gasteiger charge is 2.43. The molecule has 1 aromatic heterocycles. The van der Waals surface area contributed by atoms with E-state index in [-0.39, 0.29) is 17.4 Å². The van der Waals surface area contributed by atoms with Crippen LogP contribution in [0.5, 0.6) is 0 Å². The van der Waals surface area contributed by atoms with Crippen molar-refractivity contribution in [2.45, 2.75) is 44.6 Å². The molecular formula is C14H20N2OS. The highest BCUT2D eigenvalue weighted by molar-refractivity contribution is 7.10. The molecule has 98 valence electrons. The minimum absolute atomic E-state index is 0.181. The van der Waals surface area contributed by atoms with Crippen LogP contribution in [0.4, 0.5) is 0 Å². The predicted octanol–water partition coefficient (Wildman–Crippen LogP) is 2.37. The maximum Gasteiger partial charge on any atom is 0.227 e. The van der Waals surface area contributed by atoms with E-state index >= 15 is 0 Å². The number of carbonyl (C=O) groups excluding carboxylic acids is 1. The fraction of sp³-hybridized carbons (Fsp3) is 0.643. The van der Waals surface area contributed by atoms with Crippen molar-refractivity contribution in [1.82, 2.24) is 5.32 Å². The Morgan fingerprint density at radius 3 is 3.00 bits per heavy atom. The van der Waals surface area contributed by atoms with Crippen LogP contribution in [0.25, 0.3) is 0 Å². The second-order valence-corrected chi connectivity index (χ2v) is 6.56. The number of nitrogens with two attached hydrogens (primary N) is 1. The van der Waals surface area contributed by atoms with Crippen LogP contribution in [-0.2, 0) is 11.2 Å². The Balaban J connectivity index is 1.73. The Bertz CT molecular complexity index is 445. The lowest BCUT2D eigenvalue weighted by atomic mass is 9.68. The van der Waals surface area contributed by atoms with E-state index in [1.807, 2.05) is 11.3 Å². The summed E-state index contributed by atoms with van der Waals surface area (Å²) in [4.78, 5) is 13.8. The zero-order valence-electron chi connectivity index (χ0n) is 10.6. The van der Waals surface area contributed by atoms with Crippen LogP contribution in [0.2, 0.25) is 0 Å². The summed E-state index contributed by atoms with van der Waals surface area (Å²) in [5, 5.41) is 5.38. The highest BCUT2D eigenvalue weighted by atomic mass is 32.1. The summed E-state index contributed by atoms with van der Waals surface area (Å²) in [5.41, 5.74) is 6.87. The SMILES string of the molecule is NCC1(C(=O)NC2CCCc3sccc32)CCC1. The molecule has 0 spiro atoms. The van der Waals surface area contributed by atoms with Gasteiger partial charge in [0.25, 0.3) is 0 Å². The monoisotopic (exact) mass is 264 g/mol. The first-order valence-corrected chi connectivity index (χ1v) is 7.70. The number of nitrogens with one attached hydrogen (secondary N) is 1. The molecule has 0 aliphatic heterocycles. The lowest BCUT2D eigenvalue weighted by Gasteiger charge is -2.40. The molecule has 1 atom stereocenters. The minimum Gasteiger partial charge on any atom is -0.349 e. The van der Waals surface area contributed by atoms with E-state index in [1.165, 1.54) is 23.3 Å². The van der Waals surface area contributed by atoms with Crippen molar-refractivity contribution in [2.24, 2.45) is 11.1 Å². The van der Waals surface area contributed by atoms with E-state index in [1.54, 1.807) is 0 Å². The molecule has 3 rings (SSSR count). The number of amides is 1. The first kappa shape index (κ1) is 12.2. The van der Waals surface area contributed by atoms with E-state index < -0.39 is 0 Å². The number of carbonyl (C=O) groups is 1. The molecule has 3 N–H and O–H groups in total. The summed E-state index contributed by atoms with van der Waals surface area (Å²) >= 11 is 1.81. The molecule has 0 radical (unpaired) electrons. The number of aryl methyl sites for hydroxylation is 1. The lowest BCUT2D eigenvalue weighted by molar-refractivity contribution is -0.136. The third-order valence-corrected chi connectivity index (χ3v) is 5.54. The van der Waals surface area contributed by atoms with Crippen LogP contribution in [0, 0.1) is 5.41 Å². The van der Waals surface area contributed by atoms with Gasteiger partial charge in [0.1, 0.15) is 0 Å². The molecule has 1 amide bonds. The molecule has 3 nitrogen and oxygen atoms in total. The molecule has 1 aromatic rings. The van der Waals surface area contributed by atoms with Gasteiger partial charge < -0.3 is 11.1 Å². The van der Waals surface area contributed by atoms with Crippen molar-refractivity contribution >= 4 is 17.2 Å². The van der Waals surface area contributed by atoms with Gasteiger partial charge in [-0.05, 0) is 49.1 Å². The molecule has 0 aromatic carbocycles. The smallest absolute Gasteiger partial charge is 0.227 e. The lowest BCUT2D eigenvalue weighted by Crippen LogP contribution is -2.51. The highest BCUT2D eigenvalue weighted by Crippen LogP contribution is 2.41. The summed E-state index contributed by atoms with van der Waals surface area (Å²) in [6, 6.07) is 2.39. The maximum absolute atomic E-state index is 12.4. The average Bonchev–Trinajstić information content (AvgIpc) is 2.77. The van der Waals surface area contributed by atoms with Crippen molar-refractivity contribution in [2.75, 3.05) is 6.54 Å². The molecule has 2 aliphatic carbocycles. The number of rotatable bonds is 3. The molecule has 1 fully saturated rings. The van der Waals surface area contributed by atoms with E-state index in [0.29, 0.717) is 6.54 Å². The predicted molar refractivity (Wildman–Crippen MR) is 73.5 cm³/mol. The summed E-state index contributed by atoms with van der Waals surface area (Å²) in [5.74, 6) is 0.181. The van der Waals surface area contributed by atoms with Crippen molar-refractivity contribution in [3.8, 4) is 0 Å². The molecule has 1 unspecified atom stereocenters. The van der Waals surface area contributed by atoms with Crippen LogP contribution in [0.1, 0.15) is 48.6 Å². The van der Waals surface area contributed by atoms with E-state index in [0.717, 1.165) is 25.7 Å². The molecule has 0 bridgehead atoms. The number of thiophene rings is 1. The normalized spacial score (nSPS) is 25.1. The number of fused-ring (bicyclic) bond motifs is 1. The quantitative estimate of drug-likeness (QED) is 0.880. The van der Waals surface area contributed by atoms with E-state index in [4.69, 9.17) is 5.73 Å². The van der Waals surface area contributed by atoms with Crippen molar-refractivity contribution in [3.05, 3.63) is 21.9 Å². The van der Waals surface area contributed by atoms with Gasteiger partial charge in [-0.25, -0.2) is 0 Å². The van der Waals surface area contributed by atoms with Crippen LogP contribution < -0.4 is 11.1 Å². The van der Waals surface area contributed by atoms with E-state index in [2.05, 4.69) is 16.8 Å². The van der Waals surface area contributed by atoms with Crippen molar-refractivity contribution < 1.29 is 4.79 Å². The van der Waals surface area contributed by atoms with Gasteiger partial charge in [0.15, 0.2) is 0 Å². The fourth-order valence-corrected chi connectivity index (χ4v) is 4.06. The molecule has 1 heterocycles. The van der Waals surface area contributed by atoms with Gasteiger partial charge in [0.2, 0.25) is 5.91 Å². The maximum atomic E-state index is 12.4. The molecule has 0 saturated heterocycles. The van der Waals surface area contributed by atoms with Gasteiger partial charge in [-0.2, -0.15) is 0 Å². The molecule has 18 heavy (non-hydrogen) atoms. The van der Waals surface area contributed by atoms with Gasteiger partial charge in [-0.15, -0.1) is 11.3 Å². The zero-order valence-corrected chi connectivity index (χ0v) is 11.4. The first-order chi connectivity index (χ1) is 8.75. The molecular weight excluding hydrogens is 244 g/mol. The van der Waals surface area contributed by atoms with Gasteiger partial charge >= 0.3 is 0 Å². The van der Waals surface area contributed by atoms with Gasteiger partial charge in [-0.3, -0.25) is 4.79 Å². The molecule has 2 aliphatic rings. The number of hydrogen-bond acceptors (Lipinski definition) is 3. The fourth-order valence-electron chi connectivity index (χ4n) is 3.08. The Morgan fingerprint density at radius 1 is 1.50 bits per heavy atom. The summed E-state index contributed by atoms with van der Waals surface area (Å²) in [6.07, 6.45) is 6.46. The molecule has 1 saturated carbocycles. The second-order valence-electron chi connectivity index (χ2n) is 5.56. The Labute approximate surface area is 112 Å². The van der Waals surface area contributed by atoms with Gasteiger partial charge in [0.05, 0.1) is 11.5 Å². The largest absolute Gasteiger partial charge is 0.349 e. The van der Waals surface area contributed by atoms with Crippen LogP contribution in [-0.4, -0.2) is 12.5 Å². The molecule has 4 heteroatoms. The topological polar surface area (TPSA) is 55.1 Å². The average molecular weight is 264 g/mol. The van der Waals surface area contributed by atoms with Gasteiger partial charge in [0, 0.05) is 11.4 Å². The number of hydrogen-bond donors (Lipinski definition) is 2. The Hall–Kier alpha value is -0.870. The summed E-state index contributed by atoms with van der Waals surface area (Å²) in [7, 11) is 0. The second kappa shape index (κ2) is 4.67. The summed E-state index contributed by atoms with van der Waals surface area (Å²) < 4.78 is 0. The van der Waals surface area contributed by atoms with Gasteiger partial charge in [-0.1, -0.05) is 6.42 Å². The standard InChI is InChI=1S/C14H20N2OS/c15-9-14(6-2-7-14)13(17)16-11-3-1-4-12-10(11)5-8-18-12/h5,8,11H,1-4,6-7,9,15H2,(H,16,17). The van der Waals surface area contributed by atoms with Crippen molar-refractivity contribution in [1.29, 1.82) is 0 Å². The Kier molecular flexibility index (Phi) is 3.16. The third-order valence-electron chi connectivity index (χ3n) is 4.54. The van der Waals surface area contributed by atoms with E-state index in [9.17, 15) is 4.79 Å². The van der Waals surface area contributed by atoms with Crippen LogP contribution in [0.15, 0.2) is 11.4 Å². The van der Waals surface area contributed by atoms with Crippen LogP contribution in [0.3, 0.4) is 0 Å². The third kappa shape index (κ3) is 1.88. The van der Waals surface area contributed by atoms with Crippen molar-refractivity contribution in [3.63, 3.8) is 0 Å². The minimum atomic E-state index is -0.256. The first-order valence-electron chi connectivity index (χ1n) is 6.82. The summed E-state index contributed by atoms with van der Waals surface area (Å²) in [6.45, 7) is 0.488.